The Kier molecular flexibility index (Phi) is 5.36. The van der Waals surface area contributed by atoms with Crippen molar-refractivity contribution in [3.63, 3.8) is 0 Å². The van der Waals surface area contributed by atoms with Gasteiger partial charge in [0.2, 0.25) is 10.0 Å². The predicted octanol–water partition coefficient (Wildman–Crippen LogP) is 2.49. The molecule has 112 valence electrons. The highest BCUT2D eigenvalue weighted by Gasteiger charge is 2.19. The van der Waals surface area contributed by atoms with Gasteiger partial charge in [0.1, 0.15) is 0 Å². The van der Waals surface area contributed by atoms with Crippen LogP contribution in [-0.2, 0) is 15.8 Å². The molecule has 0 heterocycles. The van der Waals surface area contributed by atoms with E-state index in [4.69, 9.17) is 11.6 Å². The van der Waals surface area contributed by atoms with Gasteiger partial charge in [-0.15, -0.1) is 0 Å². The van der Waals surface area contributed by atoms with Crippen LogP contribution >= 0.6 is 11.6 Å². The van der Waals surface area contributed by atoms with E-state index in [1.807, 2.05) is 6.07 Å². The monoisotopic (exact) mass is 325 g/mol. The van der Waals surface area contributed by atoms with Crippen LogP contribution in [-0.4, -0.2) is 20.1 Å². The zero-order chi connectivity index (χ0) is 15.3. The van der Waals surface area contributed by atoms with Gasteiger partial charge < -0.3 is 5.11 Å². The summed E-state index contributed by atoms with van der Waals surface area (Å²) in [7, 11) is -3.55. The molecule has 4 nitrogen and oxygen atoms in total. The molecule has 2 rings (SSSR count). The lowest BCUT2D eigenvalue weighted by atomic mass is 10.1. The van der Waals surface area contributed by atoms with Gasteiger partial charge in [0, 0.05) is 5.02 Å². The second-order valence-corrected chi connectivity index (χ2v) is 6.84. The molecule has 0 spiro atoms. The van der Waals surface area contributed by atoms with Gasteiger partial charge in [0.25, 0.3) is 0 Å². The second kappa shape index (κ2) is 7.04. The standard InChI is InChI=1S/C15H16ClNO3S/c16-14-8-6-13(7-9-14)15(10-18)17-21(19,20)11-12-4-2-1-3-5-12/h1-9,15,17-18H,10-11H2. The lowest BCUT2D eigenvalue weighted by Crippen LogP contribution is -2.31. The molecule has 0 amide bonds. The molecule has 2 N–H and O–H groups in total. The summed E-state index contributed by atoms with van der Waals surface area (Å²) in [6, 6.07) is 14.9. The molecule has 0 bridgehead atoms. The lowest BCUT2D eigenvalue weighted by molar-refractivity contribution is 0.259. The number of aliphatic hydroxyl groups excluding tert-OH is 1. The molecule has 0 radical (unpaired) electrons. The minimum atomic E-state index is -3.55. The van der Waals surface area contributed by atoms with E-state index in [1.54, 1.807) is 48.5 Å². The third-order valence-electron chi connectivity index (χ3n) is 2.98. The van der Waals surface area contributed by atoms with Gasteiger partial charge in [0.15, 0.2) is 0 Å². The molecule has 1 atom stereocenters. The Morgan fingerprint density at radius 1 is 1.05 bits per heavy atom. The summed E-state index contributed by atoms with van der Waals surface area (Å²) in [6.07, 6.45) is 0. The van der Waals surface area contributed by atoms with Crippen LogP contribution in [0.3, 0.4) is 0 Å². The van der Waals surface area contributed by atoms with Gasteiger partial charge in [-0.2, -0.15) is 0 Å². The van der Waals surface area contributed by atoms with Crippen molar-refractivity contribution >= 4 is 21.6 Å². The van der Waals surface area contributed by atoms with Crippen LogP contribution in [0.2, 0.25) is 5.02 Å². The third-order valence-corrected chi connectivity index (χ3v) is 4.59. The maximum atomic E-state index is 12.2. The first-order valence-corrected chi connectivity index (χ1v) is 8.43. The van der Waals surface area contributed by atoms with Crippen LogP contribution in [0.4, 0.5) is 0 Å². The number of hydrogen-bond donors (Lipinski definition) is 2. The first kappa shape index (κ1) is 16.0. The van der Waals surface area contributed by atoms with E-state index in [-0.39, 0.29) is 12.4 Å². The maximum Gasteiger partial charge on any atom is 0.216 e. The fraction of sp³-hybridized carbons (Fsp3) is 0.200. The topological polar surface area (TPSA) is 66.4 Å². The minimum Gasteiger partial charge on any atom is -0.394 e. The van der Waals surface area contributed by atoms with Crippen LogP contribution in [0, 0.1) is 0 Å². The predicted molar refractivity (Wildman–Crippen MR) is 83.5 cm³/mol. The quantitative estimate of drug-likeness (QED) is 0.857. The molecule has 21 heavy (non-hydrogen) atoms. The van der Waals surface area contributed by atoms with E-state index < -0.39 is 16.1 Å². The number of halogens is 1. The number of sulfonamides is 1. The molecule has 0 aliphatic carbocycles. The summed E-state index contributed by atoms with van der Waals surface area (Å²) in [5, 5.41) is 9.98. The number of hydrogen-bond acceptors (Lipinski definition) is 3. The van der Waals surface area contributed by atoms with Crippen LogP contribution in [0.5, 0.6) is 0 Å². The Morgan fingerprint density at radius 3 is 2.24 bits per heavy atom. The van der Waals surface area contributed by atoms with Gasteiger partial charge in [-0.25, -0.2) is 13.1 Å². The summed E-state index contributed by atoms with van der Waals surface area (Å²) in [5.41, 5.74) is 1.36. The summed E-state index contributed by atoms with van der Waals surface area (Å²) >= 11 is 5.80. The van der Waals surface area contributed by atoms with E-state index in [1.165, 1.54) is 0 Å². The molecule has 2 aromatic carbocycles. The summed E-state index contributed by atoms with van der Waals surface area (Å²) in [4.78, 5) is 0. The Labute approximate surface area is 129 Å². The second-order valence-electron chi connectivity index (χ2n) is 4.65. The zero-order valence-corrected chi connectivity index (χ0v) is 12.8. The fourth-order valence-corrected chi connectivity index (χ4v) is 3.44. The first-order chi connectivity index (χ1) is 10.00. The Hall–Kier alpha value is -1.40. The van der Waals surface area contributed by atoms with Crippen LogP contribution in [0.1, 0.15) is 17.2 Å². The summed E-state index contributed by atoms with van der Waals surface area (Å²) < 4.78 is 26.8. The molecule has 6 heteroatoms. The van der Waals surface area contributed by atoms with E-state index in [9.17, 15) is 13.5 Å². The van der Waals surface area contributed by atoms with E-state index in [0.29, 0.717) is 16.1 Å². The molecule has 0 fully saturated rings. The smallest absolute Gasteiger partial charge is 0.216 e. The van der Waals surface area contributed by atoms with Crippen LogP contribution in [0.25, 0.3) is 0 Å². The molecule has 0 aliphatic heterocycles. The SMILES string of the molecule is O=S(=O)(Cc1ccccc1)NC(CO)c1ccc(Cl)cc1. The van der Waals surface area contributed by atoms with Gasteiger partial charge in [-0.1, -0.05) is 54.1 Å². The Morgan fingerprint density at radius 2 is 1.67 bits per heavy atom. The van der Waals surface area contributed by atoms with Gasteiger partial charge in [-0.05, 0) is 23.3 Å². The first-order valence-electron chi connectivity index (χ1n) is 6.40. The molecule has 2 aromatic rings. The molecule has 0 saturated carbocycles. The highest BCUT2D eigenvalue weighted by molar-refractivity contribution is 7.88. The fourth-order valence-electron chi connectivity index (χ4n) is 1.96. The molecule has 0 aliphatic rings. The molecule has 0 aromatic heterocycles. The normalized spacial score (nSPS) is 13.0. The summed E-state index contributed by atoms with van der Waals surface area (Å²) in [5.74, 6) is -0.127. The zero-order valence-electron chi connectivity index (χ0n) is 11.2. The number of rotatable bonds is 6. The van der Waals surface area contributed by atoms with Gasteiger partial charge in [0.05, 0.1) is 18.4 Å². The van der Waals surface area contributed by atoms with Crippen molar-refractivity contribution < 1.29 is 13.5 Å². The third kappa shape index (κ3) is 4.82. The van der Waals surface area contributed by atoms with Crippen LogP contribution in [0.15, 0.2) is 54.6 Å². The Balaban J connectivity index is 2.12. The van der Waals surface area contributed by atoms with Crippen molar-refractivity contribution in [2.75, 3.05) is 6.61 Å². The van der Waals surface area contributed by atoms with Crippen molar-refractivity contribution in [3.05, 3.63) is 70.7 Å². The highest BCUT2D eigenvalue weighted by Crippen LogP contribution is 2.18. The highest BCUT2D eigenvalue weighted by atomic mass is 35.5. The van der Waals surface area contributed by atoms with E-state index in [0.717, 1.165) is 0 Å². The van der Waals surface area contributed by atoms with Crippen LogP contribution < -0.4 is 4.72 Å². The van der Waals surface area contributed by atoms with Gasteiger partial charge >= 0.3 is 0 Å². The Bertz CT molecular complexity index is 672. The van der Waals surface area contributed by atoms with Crippen molar-refractivity contribution in [2.24, 2.45) is 0 Å². The number of nitrogens with one attached hydrogen (secondary N) is 1. The van der Waals surface area contributed by atoms with Crippen molar-refractivity contribution in [1.82, 2.24) is 4.72 Å². The van der Waals surface area contributed by atoms with E-state index in [2.05, 4.69) is 4.72 Å². The average molecular weight is 326 g/mol. The maximum absolute atomic E-state index is 12.2. The van der Waals surface area contributed by atoms with Gasteiger partial charge in [-0.3, -0.25) is 0 Å². The number of benzene rings is 2. The lowest BCUT2D eigenvalue weighted by Gasteiger charge is -2.17. The summed E-state index contributed by atoms with van der Waals surface area (Å²) in [6.45, 7) is -0.324. The molecule has 1 unspecified atom stereocenters. The minimum absolute atomic E-state index is 0.127. The van der Waals surface area contributed by atoms with Crippen molar-refractivity contribution in [3.8, 4) is 0 Å². The molecular formula is C15H16ClNO3S. The van der Waals surface area contributed by atoms with Crippen molar-refractivity contribution in [2.45, 2.75) is 11.8 Å². The molecule has 0 saturated heterocycles. The average Bonchev–Trinajstić information content (AvgIpc) is 2.46. The van der Waals surface area contributed by atoms with Crippen molar-refractivity contribution in [1.29, 1.82) is 0 Å². The van der Waals surface area contributed by atoms with E-state index >= 15 is 0 Å². The largest absolute Gasteiger partial charge is 0.394 e. The molecular weight excluding hydrogens is 310 g/mol. The number of aliphatic hydroxyl groups is 1.